The molecule has 0 saturated carbocycles. The molecule has 1 fully saturated rings. The number of thioether (sulfide) groups is 1. The van der Waals surface area contributed by atoms with Crippen molar-refractivity contribution in [3.05, 3.63) is 51.3 Å². The van der Waals surface area contributed by atoms with E-state index in [9.17, 15) is 4.79 Å². The molecule has 0 amide bonds. The molecule has 1 aromatic carbocycles. The Morgan fingerprint density at radius 2 is 2.04 bits per heavy atom. The molecule has 4 nitrogen and oxygen atoms in total. The van der Waals surface area contributed by atoms with Gasteiger partial charge in [0.05, 0.1) is 44.4 Å². The third kappa shape index (κ3) is 5.40. The molecule has 1 aliphatic rings. The number of nitrogens with zero attached hydrogens (tertiary/aromatic N) is 2. The number of rotatable bonds is 6. The predicted octanol–water partition coefficient (Wildman–Crippen LogP) is -0.245. The number of halogens is 3. The Morgan fingerprint density at radius 1 is 1.31 bits per heavy atom. The number of carbonyl (C=O) groups excluding carboxylic acids is 1. The molecule has 1 aromatic heterocycles. The van der Waals surface area contributed by atoms with Crippen LogP contribution in [0.3, 0.4) is 0 Å². The number of hydrogen-bond donors (Lipinski definition) is 1. The van der Waals surface area contributed by atoms with Gasteiger partial charge in [0, 0.05) is 27.2 Å². The lowest BCUT2D eigenvalue weighted by Gasteiger charge is -2.22. The first-order valence-electron chi connectivity index (χ1n) is 8.45. The minimum Gasteiger partial charge on any atom is -1.00 e. The normalized spacial score (nSPS) is 14.9. The van der Waals surface area contributed by atoms with Crippen LogP contribution in [0.15, 0.2) is 24.4 Å². The maximum atomic E-state index is 12.6. The molecule has 26 heavy (non-hydrogen) atoms. The van der Waals surface area contributed by atoms with E-state index in [1.54, 1.807) is 18.3 Å². The maximum absolute atomic E-state index is 12.6. The number of ketones is 1. The first-order valence-corrected chi connectivity index (χ1v) is 10.4. The fraction of sp³-hybridized carbons (Fsp3) is 0.444. The smallest absolute Gasteiger partial charge is 0.171 e. The van der Waals surface area contributed by atoms with E-state index in [2.05, 4.69) is 5.10 Å². The molecule has 1 aliphatic heterocycles. The Kier molecular flexibility index (Phi) is 8.30. The molecule has 1 saturated heterocycles. The first-order chi connectivity index (χ1) is 12.0. The summed E-state index contributed by atoms with van der Waals surface area (Å²) in [6.45, 7) is 5.66. The molecule has 2 aromatic rings. The van der Waals surface area contributed by atoms with Gasteiger partial charge in [-0.05, 0) is 30.7 Å². The van der Waals surface area contributed by atoms with Crippen molar-refractivity contribution >= 4 is 40.7 Å². The van der Waals surface area contributed by atoms with Gasteiger partial charge < -0.3 is 17.3 Å². The lowest BCUT2D eigenvalue weighted by molar-refractivity contribution is -0.895. The minimum atomic E-state index is 0. The summed E-state index contributed by atoms with van der Waals surface area (Å²) in [5.74, 6) is 2.56. The average molecular weight is 435 g/mol. The molecule has 0 unspecified atom stereocenters. The lowest BCUT2D eigenvalue weighted by Crippen LogP contribution is -3.13. The van der Waals surface area contributed by atoms with Crippen molar-refractivity contribution in [1.82, 2.24) is 9.78 Å². The van der Waals surface area contributed by atoms with Crippen molar-refractivity contribution in [3.63, 3.8) is 0 Å². The Morgan fingerprint density at radius 3 is 2.77 bits per heavy atom. The Labute approximate surface area is 174 Å². The molecule has 142 valence electrons. The van der Waals surface area contributed by atoms with Crippen LogP contribution in [0.4, 0.5) is 0 Å². The molecule has 0 bridgehead atoms. The number of benzene rings is 1. The second-order valence-corrected chi connectivity index (χ2v) is 8.39. The number of quaternary nitrogens is 1. The molecule has 1 N–H and O–H groups in total. The third-order valence-corrected chi connectivity index (χ3v) is 6.23. The Hall–Kier alpha value is -0.720. The summed E-state index contributed by atoms with van der Waals surface area (Å²) >= 11 is 14.3. The van der Waals surface area contributed by atoms with Crippen LogP contribution in [-0.4, -0.2) is 46.7 Å². The van der Waals surface area contributed by atoms with Gasteiger partial charge >= 0.3 is 0 Å². The van der Waals surface area contributed by atoms with E-state index in [1.807, 2.05) is 29.4 Å². The number of aromatic nitrogens is 2. The van der Waals surface area contributed by atoms with Crippen LogP contribution in [0, 0.1) is 6.92 Å². The standard InChI is InChI=1S/C18H21Cl2N3OS.ClH/c1-13-16(18(24)4-5-22-6-8-25-9-7-22)11-21-23(13)12-14-10-15(19)2-3-17(14)20;/h2-3,10-11H,4-9,12H2,1H3;1H. The van der Waals surface area contributed by atoms with Crippen LogP contribution in [-0.2, 0) is 6.54 Å². The van der Waals surface area contributed by atoms with Crippen LogP contribution in [0.25, 0.3) is 0 Å². The van der Waals surface area contributed by atoms with E-state index in [1.165, 1.54) is 16.4 Å². The highest BCUT2D eigenvalue weighted by molar-refractivity contribution is 7.99. The first kappa shape index (κ1) is 21.6. The zero-order chi connectivity index (χ0) is 17.8. The van der Waals surface area contributed by atoms with Crippen molar-refractivity contribution in [1.29, 1.82) is 0 Å². The Bertz CT molecular complexity index is 760. The van der Waals surface area contributed by atoms with Crippen LogP contribution in [0.1, 0.15) is 28.0 Å². The molecular weight excluding hydrogens is 413 g/mol. The summed E-state index contributed by atoms with van der Waals surface area (Å²) in [7, 11) is 0. The van der Waals surface area contributed by atoms with E-state index >= 15 is 0 Å². The molecule has 0 radical (unpaired) electrons. The van der Waals surface area contributed by atoms with Crippen molar-refractivity contribution in [3.8, 4) is 0 Å². The Balaban J connectivity index is 0.00000243. The second-order valence-electron chi connectivity index (χ2n) is 6.32. The molecule has 0 spiro atoms. The topological polar surface area (TPSA) is 39.3 Å². The van der Waals surface area contributed by atoms with Crippen LogP contribution in [0.2, 0.25) is 10.0 Å². The van der Waals surface area contributed by atoms with Gasteiger partial charge in [-0.1, -0.05) is 23.2 Å². The summed E-state index contributed by atoms with van der Waals surface area (Å²) in [6, 6.07) is 5.38. The third-order valence-electron chi connectivity index (χ3n) is 4.64. The highest BCUT2D eigenvalue weighted by Crippen LogP contribution is 2.22. The lowest BCUT2D eigenvalue weighted by atomic mass is 10.1. The number of nitrogens with one attached hydrogen (secondary N) is 1. The van der Waals surface area contributed by atoms with E-state index in [4.69, 9.17) is 23.2 Å². The maximum Gasteiger partial charge on any atom is 0.171 e. The largest absolute Gasteiger partial charge is 1.00 e. The van der Waals surface area contributed by atoms with Crippen LogP contribution < -0.4 is 17.3 Å². The average Bonchev–Trinajstić information content (AvgIpc) is 2.98. The second kappa shape index (κ2) is 10.00. The predicted molar refractivity (Wildman–Crippen MR) is 104 cm³/mol. The van der Waals surface area contributed by atoms with E-state index < -0.39 is 0 Å². The summed E-state index contributed by atoms with van der Waals surface area (Å²) < 4.78 is 1.81. The molecular formula is C18H22Cl3N3OS. The highest BCUT2D eigenvalue weighted by Gasteiger charge is 2.19. The monoisotopic (exact) mass is 433 g/mol. The summed E-state index contributed by atoms with van der Waals surface area (Å²) in [4.78, 5) is 14.1. The fourth-order valence-corrected chi connectivity index (χ4v) is 4.48. The minimum absolute atomic E-state index is 0. The van der Waals surface area contributed by atoms with Crippen molar-refractivity contribution in [2.45, 2.75) is 19.9 Å². The fourth-order valence-electron chi connectivity index (χ4n) is 3.04. The molecule has 2 heterocycles. The highest BCUT2D eigenvalue weighted by atomic mass is 35.5. The summed E-state index contributed by atoms with van der Waals surface area (Å²) in [6.07, 6.45) is 2.25. The SMILES string of the molecule is Cc1c(C(=O)CC[NH+]2CCSCC2)cnn1Cc1cc(Cl)ccc1Cl.[Cl-]. The van der Waals surface area contributed by atoms with Gasteiger partial charge in [-0.15, -0.1) is 0 Å². The van der Waals surface area contributed by atoms with Crippen molar-refractivity contribution < 1.29 is 22.1 Å². The quantitative estimate of drug-likeness (QED) is 0.638. The van der Waals surface area contributed by atoms with Gasteiger partial charge in [0.15, 0.2) is 5.78 Å². The summed E-state index contributed by atoms with van der Waals surface area (Å²) in [5.41, 5.74) is 2.49. The van der Waals surface area contributed by atoms with Gasteiger partial charge in [-0.25, -0.2) is 0 Å². The number of carbonyl (C=O) groups is 1. The molecule has 8 heteroatoms. The van der Waals surface area contributed by atoms with Gasteiger partial charge in [0.25, 0.3) is 0 Å². The molecule has 0 atom stereocenters. The van der Waals surface area contributed by atoms with E-state index in [0.717, 1.165) is 30.9 Å². The van der Waals surface area contributed by atoms with E-state index in [-0.39, 0.29) is 18.2 Å². The summed E-state index contributed by atoms with van der Waals surface area (Å²) in [5, 5.41) is 5.68. The molecule has 3 rings (SSSR count). The van der Waals surface area contributed by atoms with Gasteiger partial charge in [0.2, 0.25) is 0 Å². The van der Waals surface area contributed by atoms with Gasteiger partial charge in [-0.2, -0.15) is 16.9 Å². The van der Waals surface area contributed by atoms with Crippen LogP contribution in [0.5, 0.6) is 0 Å². The zero-order valence-electron chi connectivity index (χ0n) is 14.6. The zero-order valence-corrected chi connectivity index (χ0v) is 17.7. The number of Topliss-reactive ketones (excluding diaryl/α,β-unsaturated/α-hetero) is 1. The van der Waals surface area contributed by atoms with Crippen LogP contribution >= 0.6 is 35.0 Å². The van der Waals surface area contributed by atoms with E-state index in [0.29, 0.717) is 28.6 Å². The molecule has 0 aliphatic carbocycles. The van der Waals surface area contributed by atoms with Gasteiger partial charge in [-0.3, -0.25) is 9.48 Å². The van der Waals surface area contributed by atoms with Gasteiger partial charge in [0.1, 0.15) is 0 Å². The number of hydrogen-bond acceptors (Lipinski definition) is 3. The van der Waals surface area contributed by atoms with Crippen molar-refractivity contribution in [2.24, 2.45) is 0 Å². The van der Waals surface area contributed by atoms with Crippen molar-refractivity contribution in [2.75, 3.05) is 31.1 Å².